The van der Waals surface area contributed by atoms with Crippen molar-refractivity contribution in [3.8, 4) is 5.75 Å². The fourth-order valence-electron chi connectivity index (χ4n) is 4.87. The number of phenolic OH excluding ortho intramolecular Hbond substituents is 1. The number of nitrogens with zero attached hydrogens (tertiary/aromatic N) is 3. The van der Waals surface area contributed by atoms with E-state index >= 15 is 0 Å². The Hall–Kier alpha value is -2.37. The first-order valence-corrected chi connectivity index (χ1v) is 11.1. The van der Waals surface area contributed by atoms with Gasteiger partial charge in [-0.2, -0.15) is 0 Å². The van der Waals surface area contributed by atoms with Gasteiger partial charge in [0.25, 0.3) is 5.91 Å². The number of carbonyl (C=O) groups is 1. The highest BCUT2D eigenvalue weighted by molar-refractivity contribution is 5.94. The van der Waals surface area contributed by atoms with Crippen LogP contribution < -0.4 is 0 Å². The van der Waals surface area contributed by atoms with Crippen LogP contribution in [0.25, 0.3) is 0 Å². The number of likely N-dealkylation sites (N-methyl/N-ethyl adjacent to an activating group) is 1. The van der Waals surface area contributed by atoms with Crippen molar-refractivity contribution in [1.82, 2.24) is 14.7 Å². The molecule has 2 aliphatic heterocycles. The summed E-state index contributed by atoms with van der Waals surface area (Å²) in [7, 11) is 2.17. The van der Waals surface area contributed by atoms with Gasteiger partial charge < -0.3 is 14.9 Å². The van der Waals surface area contributed by atoms with Gasteiger partial charge in [-0.05, 0) is 57.5 Å². The van der Waals surface area contributed by atoms with E-state index in [9.17, 15) is 9.90 Å². The predicted octanol–water partition coefficient (Wildman–Crippen LogP) is 3.74. The number of rotatable bonds is 4. The zero-order valence-electron chi connectivity index (χ0n) is 18.3. The van der Waals surface area contributed by atoms with Gasteiger partial charge in [0.2, 0.25) is 0 Å². The van der Waals surface area contributed by atoms with Crippen LogP contribution in [-0.2, 0) is 0 Å². The number of likely N-dealkylation sites (tertiary alicyclic amines) is 1. The molecular formula is C25H33N3O2. The van der Waals surface area contributed by atoms with Crippen molar-refractivity contribution in [3.63, 3.8) is 0 Å². The summed E-state index contributed by atoms with van der Waals surface area (Å²) in [4.78, 5) is 19.6. The van der Waals surface area contributed by atoms with E-state index in [0.717, 1.165) is 55.7 Å². The van der Waals surface area contributed by atoms with E-state index in [1.807, 2.05) is 35.2 Å². The minimum absolute atomic E-state index is 0.0479. The molecule has 5 heteroatoms. The Kier molecular flexibility index (Phi) is 6.11. The fraction of sp³-hybridized carbons (Fsp3) is 0.480. The summed E-state index contributed by atoms with van der Waals surface area (Å²) in [5.41, 5.74) is 2.77. The van der Waals surface area contributed by atoms with Gasteiger partial charge in [0.15, 0.2) is 0 Å². The number of aromatic hydroxyl groups is 1. The Labute approximate surface area is 179 Å². The molecule has 0 bridgehead atoms. The zero-order valence-corrected chi connectivity index (χ0v) is 18.3. The van der Waals surface area contributed by atoms with Crippen LogP contribution in [0.15, 0.2) is 48.5 Å². The third kappa shape index (κ3) is 4.09. The van der Waals surface area contributed by atoms with Crippen molar-refractivity contribution in [2.24, 2.45) is 0 Å². The molecule has 2 fully saturated rings. The van der Waals surface area contributed by atoms with Crippen LogP contribution in [0.4, 0.5) is 0 Å². The third-order valence-corrected chi connectivity index (χ3v) is 6.78. The third-order valence-electron chi connectivity index (χ3n) is 6.78. The molecule has 0 aliphatic carbocycles. The van der Waals surface area contributed by atoms with E-state index in [1.165, 1.54) is 0 Å². The first-order chi connectivity index (χ1) is 14.5. The molecule has 160 valence electrons. The van der Waals surface area contributed by atoms with Crippen LogP contribution >= 0.6 is 0 Å². The van der Waals surface area contributed by atoms with E-state index in [-0.39, 0.29) is 11.9 Å². The lowest BCUT2D eigenvalue weighted by molar-refractivity contribution is 0.0384. The highest BCUT2D eigenvalue weighted by Crippen LogP contribution is 2.37. The molecule has 0 aromatic heterocycles. The Morgan fingerprint density at radius 3 is 2.30 bits per heavy atom. The van der Waals surface area contributed by atoms with Crippen molar-refractivity contribution in [2.75, 3.05) is 33.2 Å². The van der Waals surface area contributed by atoms with Crippen LogP contribution in [0.1, 0.15) is 54.2 Å². The van der Waals surface area contributed by atoms with Crippen molar-refractivity contribution in [1.29, 1.82) is 0 Å². The average Bonchev–Trinajstić information content (AvgIpc) is 3.28. The van der Waals surface area contributed by atoms with Gasteiger partial charge in [-0.1, -0.05) is 30.3 Å². The predicted molar refractivity (Wildman–Crippen MR) is 120 cm³/mol. The number of para-hydroxylation sites is 1. The van der Waals surface area contributed by atoms with Gasteiger partial charge >= 0.3 is 0 Å². The lowest BCUT2D eigenvalue weighted by Crippen LogP contribution is -2.55. The van der Waals surface area contributed by atoms with Crippen molar-refractivity contribution in [2.45, 2.75) is 44.8 Å². The average molecular weight is 408 g/mol. The lowest BCUT2D eigenvalue weighted by atomic mass is 9.92. The van der Waals surface area contributed by atoms with Crippen LogP contribution in [0.5, 0.6) is 5.75 Å². The molecule has 2 heterocycles. The molecule has 30 heavy (non-hydrogen) atoms. The Morgan fingerprint density at radius 2 is 1.63 bits per heavy atom. The van der Waals surface area contributed by atoms with Gasteiger partial charge in [-0.25, -0.2) is 0 Å². The minimum Gasteiger partial charge on any atom is -0.508 e. The molecule has 2 aromatic rings. The van der Waals surface area contributed by atoms with Crippen LogP contribution in [0.2, 0.25) is 0 Å². The molecule has 1 amide bonds. The molecule has 3 atom stereocenters. The molecule has 0 spiro atoms. The maximum Gasteiger partial charge on any atom is 0.253 e. The van der Waals surface area contributed by atoms with Crippen LogP contribution in [-0.4, -0.2) is 71.0 Å². The molecule has 1 N–H and O–H groups in total. The monoisotopic (exact) mass is 407 g/mol. The first kappa shape index (κ1) is 20.9. The zero-order chi connectivity index (χ0) is 21.3. The van der Waals surface area contributed by atoms with Crippen molar-refractivity contribution in [3.05, 3.63) is 65.2 Å². The SMILES string of the molecule is C[C@@H]1CN([C@@H](c2ccc(C(=O)N3CCCC3)cc2)c2ccccc2O)[C@H](C)CN1C. The highest BCUT2D eigenvalue weighted by atomic mass is 16.3. The topological polar surface area (TPSA) is 47.0 Å². The molecule has 5 nitrogen and oxygen atoms in total. The van der Waals surface area contributed by atoms with Crippen molar-refractivity contribution >= 4 is 5.91 Å². The first-order valence-electron chi connectivity index (χ1n) is 11.1. The van der Waals surface area contributed by atoms with E-state index in [4.69, 9.17) is 0 Å². The summed E-state index contributed by atoms with van der Waals surface area (Å²) in [6, 6.07) is 16.4. The lowest BCUT2D eigenvalue weighted by Gasteiger charge is -2.46. The number of hydrogen-bond donors (Lipinski definition) is 1. The Bertz CT molecular complexity index is 876. The number of hydrogen-bond acceptors (Lipinski definition) is 4. The number of amides is 1. The Morgan fingerprint density at radius 1 is 0.967 bits per heavy atom. The van der Waals surface area contributed by atoms with Gasteiger partial charge in [-0.3, -0.25) is 9.69 Å². The second kappa shape index (κ2) is 8.78. The van der Waals surface area contributed by atoms with Gasteiger partial charge in [-0.15, -0.1) is 0 Å². The second-order valence-electron chi connectivity index (χ2n) is 8.92. The molecule has 0 unspecified atom stereocenters. The van der Waals surface area contributed by atoms with E-state index < -0.39 is 0 Å². The summed E-state index contributed by atoms with van der Waals surface area (Å²) in [6.45, 7) is 8.12. The smallest absolute Gasteiger partial charge is 0.253 e. The maximum absolute atomic E-state index is 12.8. The molecule has 2 saturated heterocycles. The van der Waals surface area contributed by atoms with Crippen LogP contribution in [0, 0.1) is 0 Å². The molecule has 0 saturated carbocycles. The van der Waals surface area contributed by atoms with E-state index in [1.54, 1.807) is 6.07 Å². The fourth-order valence-corrected chi connectivity index (χ4v) is 4.87. The van der Waals surface area contributed by atoms with E-state index in [0.29, 0.717) is 17.8 Å². The Balaban J connectivity index is 1.67. The number of carbonyl (C=O) groups excluding carboxylic acids is 1. The molecular weight excluding hydrogens is 374 g/mol. The molecule has 0 radical (unpaired) electrons. The van der Waals surface area contributed by atoms with Gasteiger partial charge in [0.05, 0.1) is 6.04 Å². The summed E-state index contributed by atoms with van der Waals surface area (Å²) < 4.78 is 0. The highest BCUT2D eigenvalue weighted by Gasteiger charge is 2.34. The van der Waals surface area contributed by atoms with Gasteiger partial charge in [0.1, 0.15) is 5.75 Å². The quantitative estimate of drug-likeness (QED) is 0.839. The summed E-state index contributed by atoms with van der Waals surface area (Å²) in [5.74, 6) is 0.443. The number of phenols is 1. The largest absolute Gasteiger partial charge is 0.508 e. The summed E-state index contributed by atoms with van der Waals surface area (Å²) in [6.07, 6.45) is 2.19. The normalized spacial score (nSPS) is 24.2. The van der Waals surface area contributed by atoms with E-state index in [2.05, 4.69) is 42.8 Å². The number of benzene rings is 2. The molecule has 4 rings (SSSR count). The van der Waals surface area contributed by atoms with Gasteiger partial charge in [0, 0.05) is 49.4 Å². The summed E-state index contributed by atoms with van der Waals surface area (Å²) in [5, 5.41) is 10.7. The second-order valence-corrected chi connectivity index (χ2v) is 8.92. The molecule has 2 aliphatic rings. The van der Waals surface area contributed by atoms with Crippen molar-refractivity contribution < 1.29 is 9.90 Å². The summed E-state index contributed by atoms with van der Waals surface area (Å²) >= 11 is 0. The maximum atomic E-state index is 12.8. The molecule has 2 aromatic carbocycles. The number of piperazine rings is 1. The standard InChI is InChI=1S/C25H33N3O2/c1-18-17-28(19(2)16-26(18)3)24(22-8-4-5-9-23(22)29)20-10-12-21(13-11-20)25(30)27-14-6-7-15-27/h4-5,8-13,18-19,24,29H,6-7,14-17H2,1-3H3/t18-,19-,24+/m1/s1. The minimum atomic E-state index is -0.0479. The van der Waals surface area contributed by atoms with Crippen LogP contribution in [0.3, 0.4) is 0 Å².